The Morgan fingerprint density at radius 2 is 1.81 bits per heavy atom. The molecule has 1 aromatic carbocycles. The lowest BCUT2D eigenvalue weighted by molar-refractivity contribution is 0.0355. The molecule has 2 fully saturated rings. The van der Waals surface area contributed by atoms with Gasteiger partial charge in [0.05, 0.1) is 18.9 Å². The lowest BCUT2D eigenvalue weighted by Crippen LogP contribution is -2.49. The Kier molecular flexibility index (Phi) is 5.39. The van der Waals surface area contributed by atoms with Crippen LogP contribution >= 0.6 is 0 Å². The van der Waals surface area contributed by atoms with E-state index in [4.69, 9.17) is 9.47 Å². The van der Waals surface area contributed by atoms with E-state index in [1.807, 2.05) is 47.4 Å². The van der Waals surface area contributed by atoms with Crippen molar-refractivity contribution in [1.82, 2.24) is 14.5 Å². The van der Waals surface area contributed by atoms with Gasteiger partial charge in [-0.3, -0.25) is 19.1 Å². The van der Waals surface area contributed by atoms with E-state index in [1.165, 1.54) is 17.7 Å². The Morgan fingerprint density at radius 1 is 1.06 bits per heavy atom. The molecule has 1 amide bonds. The second-order valence-electron chi connectivity index (χ2n) is 8.30. The summed E-state index contributed by atoms with van der Waals surface area (Å²) in [7, 11) is 1.49. The van der Waals surface area contributed by atoms with Crippen molar-refractivity contribution in [2.75, 3.05) is 7.11 Å². The zero-order chi connectivity index (χ0) is 22.1. The Morgan fingerprint density at radius 3 is 2.47 bits per heavy atom. The summed E-state index contributed by atoms with van der Waals surface area (Å²) in [4.78, 5) is 32.4. The fourth-order valence-electron chi connectivity index (χ4n) is 4.94. The van der Waals surface area contributed by atoms with Crippen molar-refractivity contribution in [3.05, 3.63) is 83.0 Å². The Hall–Kier alpha value is -3.61. The molecule has 0 spiro atoms. The first-order chi connectivity index (χ1) is 15.6. The van der Waals surface area contributed by atoms with Gasteiger partial charge in [-0.25, -0.2) is 0 Å². The fraction of sp³-hybridized carbons (Fsp3) is 0.320. The van der Waals surface area contributed by atoms with Gasteiger partial charge in [0.2, 0.25) is 0 Å². The number of benzene rings is 1. The molecule has 2 bridgehead atoms. The van der Waals surface area contributed by atoms with E-state index in [0.717, 1.165) is 31.4 Å². The molecule has 0 N–H and O–H groups in total. The van der Waals surface area contributed by atoms with Gasteiger partial charge in [-0.15, -0.1) is 0 Å². The summed E-state index contributed by atoms with van der Waals surface area (Å²) < 4.78 is 13.1. The molecule has 4 heterocycles. The summed E-state index contributed by atoms with van der Waals surface area (Å²) in [5, 5.41) is 0. The van der Waals surface area contributed by atoms with Crippen LogP contribution < -0.4 is 15.0 Å². The first kappa shape index (κ1) is 20.3. The summed E-state index contributed by atoms with van der Waals surface area (Å²) >= 11 is 0. The van der Waals surface area contributed by atoms with Gasteiger partial charge in [0.1, 0.15) is 17.6 Å². The van der Waals surface area contributed by atoms with Crippen LogP contribution in [0.25, 0.3) is 5.69 Å². The van der Waals surface area contributed by atoms with Crippen LogP contribution in [-0.4, -0.2) is 45.7 Å². The average Bonchev–Trinajstić information content (AvgIpc) is 3.09. The standard InChI is InChI=1S/C25H25N3O4/c1-31-23-14-24(29)27(17-6-3-2-4-7-17)16-22(23)25(30)28-18-9-10-19(28)13-21(12-18)32-20-8-5-11-26-15-20/h2-8,11,14-16,18-19,21H,9-10,12-13H2,1H3. The lowest BCUT2D eigenvalue weighted by Gasteiger charge is -2.39. The topological polar surface area (TPSA) is 73.7 Å². The molecule has 0 aliphatic carbocycles. The molecule has 2 saturated heterocycles. The van der Waals surface area contributed by atoms with Gasteiger partial charge in [-0.2, -0.15) is 0 Å². The van der Waals surface area contributed by atoms with E-state index < -0.39 is 0 Å². The van der Waals surface area contributed by atoms with E-state index in [0.29, 0.717) is 17.0 Å². The van der Waals surface area contributed by atoms with Crippen LogP contribution in [0.3, 0.4) is 0 Å². The van der Waals surface area contributed by atoms with Crippen molar-refractivity contribution < 1.29 is 14.3 Å². The highest BCUT2D eigenvalue weighted by Gasteiger charge is 2.45. The van der Waals surface area contributed by atoms with E-state index in [2.05, 4.69) is 4.98 Å². The average molecular weight is 431 g/mol. The van der Waals surface area contributed by atoms with Crippen LogP contribution in [0.15, 0.2) is 71.9 Å². The number of fused-ring (bicyclic) bond motifs is 2. The van der Waals surface area contributed by atoms with E-state index in [9.17, 15) is 9.59 Å². The minimum Gasteiger partial charge on any atom is -0.496 e. The van der Waals surface area contributed by atoms with E-state index in [-0.39, 0.29) is 29.7 Å². The Balaban J connectivity index is 1.42. The molecule has 32 heavy (non-hydrogen) atoms. The smallest absolute Gasteiger partial charge is 0.259 e. The number of carbonyl (C=O) groups is 1. The van der Waals surface area contributed by atoms with Crippen LogP contribution in [-0.2, 0) is 0 Å². The molecule has 2 aliphatic rings. The minimum atomic E-state index is -0.240. The lowest BCUT2D eigenvalue weighted by atomic mass is 9.98. The monoisotopic (exact) mass is 431 g/mol. The van der Waals surface area contributed by atoms with Gasteiger partial charge in [-0.05, 0) is 37.1 Å². The predicted octanol–water partition coefficient (Wildman–Crippen LogP) is 3.46. The molecule has 7 nitrogen and oxygen atoms in total. The van der Waals surface area contributed by atoms with Crippen LogP contribution in [0.1, 0.15) is 36.0 Å². The first-order valence-electron chi connectivity index (χ1n) is 10.9. The number of carbonyl (C=O) groups excluding carboxylic acids is 1. The number of hydrogen-bond donors (Lipinski definition) is 0. The number of ether oxygens (including phenoxy) is 2. The molecule has 0 saturated carbocycles. The summed E-state index contributed by atoms with van der Waals surface area (Å²) in [6.45, 7) is 0. The third-order valence-corrected chi connectivity index (χ3v) is 6.36. The minimum absolute atomic E-state index is 0.0564. The zero-order valence-corrected chi connectivity index (χ0v) is 17.9. The highest BCUT2D eigenvalue weighted by molar-refractivity contribution is 5.97. The maximum atomic E-state index is 13.7. The molecular formula is C25H25N3O4. The molecule has 0 radical (unpaired) electrons. The highest BCUT2D eigenvalue weighted by Crippen LogP contribution is 2.39. The van der Waals surface area contributed by atoms with Crippen molar-refractivity contribution in [2.45, 2.75) is 43.9 Å². The SMILES string of the molecule is COc1cc(=O)n(-c2ccccc2)cc1C(=O)N1C2CCC1CC(Oc1cccnc1)C2. The third kappa shape index (κ3) is 3.75. The van der Waals surface area contributed by atoms with Crippen molar-refractivity contribution in [3.63, 3.8) is 0 Å². The largest absolute Gasteiger partial charge is 0.496 e. The van der Waals surface area contributed by atoms with Crippen molar-refractivity contribution in [2.24, 2.45) is 0 Å². The molecule has 2 atom stereocenters. The Bertz CT molecular complexity index is 1150. The number of pyridine rings is 2. The van der Waals surface area contributed by atoms with Crippen LogP contribution in [0.2, 0.25) is 0 Å². The van der Waals surface area contributed by atoms with Crippen molar-refractivity contribution in [1.29, 1.82) is 0 Å². The van der Waals surface area contributed by atoms with Gasteiger partial charge in [-0.1, -0.05) is 18.2 Å². The summed E-state index contributed by atoms with van der Waals surface area (Å²) in [6.07, 6.45) is 8.55. The number of nitrogens with zero attached hydrogens (tertiary/aromatic N) is 3. The maximum absolute atomic E-state index is 13.7. The molecule has 2 aromatic heterocycles. The van der Waals surface area contributed by atoms with Gasteiger partial charge in [0, 0.05) is 49.1 Å². The Labute approximate surface area is 186 Å². The number of amides is 1. The van der Waals surface area contributed by atoms with Gasteiger partial charge in [0.15, 0.2) is 0 Å². The van der Waals surface area contributed by atoms with Crippen molar-refractivity contribution in [3.8, 4) is 17.2 Å². The molecule has 164 valence electrons. The number of aromatic nitrogens is 2. The van der Waals surface area contributed by atoms with Gasteiger partial charge >= 0.3 is 0 Å². The second kappa shape index (κ2) is 8.49. The van der Waals surface area contributed by atoms with E-state index in [1.54, 1.807) is 18.6 Å². The van der Waals surface area contributed by atoms with Gasteiger partial charge < -0.3 is 14.4 Å². The number of rotatable bonds is 5. The number of hydrogen-bond acceptors (Lipinski definition) is 5. The molecule has 2 unspecified atom stereocenters. The summed E-state index contributed by atoms with van der Waals surface area (Å²) in [5.41, 5.74) is 0.872. The molecule has 7 heteroatoms. The summed E-state index contributed by atoms with van der Waals surface area (Å²) in [6, 6.07) is 14.6. The third-order valence-electron chi connectivity index (χ3n) is 6.36. The number of para-hydroxylation sites is 1. The fourth-order valence-corrected chi connectivity index (χ4v) is 4.94. The second-order valence-corrected chi connectivity index (χ2v) is 8.30. The maximum Gasteiger partial charge on any atom is 0.259 e. The van der Waals surface area contributed by atoms with Crippen molar-refractivity contribution >= 4 is 5.91 Å². The predicted molar refractivity (Wildman–Crippen MR) is 119 cm³/mol. The van der Waals surface area contributed by atoms with Gasteiger partial charge in [0.25, 0.3) is 11.5 Å². The molecule has 5 rings (SSSR count). The zero-order valence-electron chi connectivity index (χ0n) is 17.9. The normalized spacial score (nSPS) is 21.9. The first-order valence-corrected chi connectivity index (χ1v) is 10.9. The number of methoxy groups -OCH3 is 1. The van der Waals surface area contributed by atoms with Crippen LogP contribution in [0, 0.1) is 0 Å². The highest BCUT2D eigenvalue weighted by atomic mass is 16.5. The number of piperidine rings is 1. The quantitative estimate of drug-likeness (QED) is 0.619. The summed E-state index contributed by atoms with van der Waals surface area (Å²) in [5.74, 6) is 0.965. The van der Waals surface area contributed by atoms with Crippen LogP contribution in [0.5, 0.6) is 11.5 Å². The molecule has 3 aromatic rings. The van der Waals surface area contributed by atoms with Crippen LogP contribution in [0.4, 0.5) is 0 Å². The molecule has 2 aliphatic heterocycles. The molecular weight excluding hydrogens is 406 g/mol. The van der Waals surface area contributed by atoms with E-state index >= 15 is 0 Å².